The van der Waals surface area contributed by atoms with Gasteiger partial charge in [0, 0.05) is 14.1 Å². The number of carbonyl (C=O) groups excluding carboxylic acids is 1. The predicted molar refractivity (Wildman–Crippen MR) is 102 cm³/mol. The topological polar surface area (TPSA) is 40.5 Å². The Balaban J connectivity index is 1.67. The molecule has 0 radical (unpaired) electrons. The maximum absolute atomic E-state index is 12.4. The van der Waals surface area contributed by atoms with Crippen molar-refractivity contribution in [1.29, 1.82) is 0 Å². The fourth-order valence-electron chi connectivity index (χ4n) is 6.28. The van der Waals surface area contributed by atoms with Gasteiger partial charge in [0.1, 0.15) is 0 Å². The SMILES string of the molecule is C[C@H](/C=C/C(O)C1(C(=O)N(C)C)CC1)C1CCC2[C@@H](C)CCC[C@]12C. The highest BCUT2D eigenvalue weighted by molar-refractivity contribution is 5.86. The van der Waals surface area contributed by atoms with Crippen LogP contribution in [0.15, 0.2) is 12.2 Å². The van der Waals surface area contributed by atoms with Crippen molar-refractivity contribution >= 4 is 5.91 Å². The minimum atomic E-state index is -0.639. The van der Waals surface area contributed by atoms with Crippen molar-refractivity contribution in [1.82, 2.24) is 4.90 Å². The number of nitrogens with zero attached hydrogens (tertiary/aromatic N) is 1. The molecule has 3 rings (SSSR count). The number of aliphatic hydroxyl groups is 1. The molecule has 0 aliphatic heterocycles. The fraction of sp³-hybridized carbons (Fsp3) is 0.864. The molecule has 0 heterocycles. The van der Waals surface area contributed by atoms with Gasteiger partial charge in [-0.3, -0.25) is 4.79 Å². The van der Waals surface area contributed by atoms with E-state index in [4.69, 9.17) is 0 Å². The molecule has 0 aromatic carbocycles. The number of fused-ring (bicyclic) bond motifs is 1. The van der Waals surface area contributed by atoms with Crippen molar-refractivity contribution in [2.75, 3.05) is 14.1 Å². The second-order valence-electron chi connectivity index (χ2n) is 9.71. The molecule has 1 N–H and O–H groups in total. The molecule has 6 atom stereocenters. The maximum atomic E-state index is 12.4. The molecule has 0 aromatic heterocycles. The normalized spacial score (nSPS) is 39.0. The maximum Gasteiger partial charge on any atom is 0.231 e. The van der Waals surface area contributed by atoms with Gasteiger partial charge in [0.2, 0.25) is 5.91 Å². The number of rotatable bonds is 5. The van der Waals surface area contributed by atoms with Crippen LogP contribution in [-0.2, 0) is 4.79 Å². The molecule has 3 nitrogen and oxygen atoms in total. The molecule has 0 saturated heterocycles. The first-order valence-corrected chi connectivity index (χ1v) is 10.3. The van der Waals surface area contributed by atoms with Gasteiger partial charge in [-0.15, -0.1) is 0 Å². The van der Waals surface area contributed by atoms with E-state index >= 15 is 0 Å². The molecule has 25 heavy (non-hydrogen) atoms. The third kappa shape index (κ3) is 3.18. The van der Waals surface area contributed by atoms with Crippen LogP contribution < -0.4 is 0 Å². The van der Waals surface area contributed by atoms with Gasteiger partial charge in [-0.2, -0.15) is 0 Å². The van der Waals surface area contributed by atoms with Crippen molar-refractivity contribution < 1.29 is 9.90 Å². The molecule has 0 spiro atoms. The first-order chi connectivity index (χ1) is 11.7. The minimum Gasteiger partial charge on any atom is -0.388 e. The van der Waals surface area contributed by atoms with Crippen LogP contribution in [0.2, 0.25) is 0 Å². The second kappa shape index (κ2) is 6.72. The summed E-state index contributed by atoms with van der Waals surface area (Å²) in [5.74, 6) is 2.99. The van der Waals surface area contributed by atoms with E-state index in [1.165, 1.54) is 32.1 Å². The van der Waals surface area contributed by atoms with E-state index in [-0.39, 0.29) is 5.91 Å². The van der Waals surface area contributed by atoms with Crippen molar-refractivity contribution in [2.24, 2.45) is 34.5 Å². The molecular formula is C22H37NO2. The summed E-state index contributed by atoms with van der Waals surface area (Å²) >= 11 is 0. The van der Waals surface area contributed by atoms with Gasteiger partial charge in [-0.25, -0.2) is 0 Å². The van der Waals surface area contributed by atoms with E-state index in [1.807, 2.05) is 6.08 Å². The molecule has 3 fully saturated rings. The minimum absolute atomic E-state index is 0.0753. The lowest BCUT2D eigenvalue weighted by molar-refractivity contribution is -0.137. The number of carbonyl (C=O) groups is 1. The Morgan fingerprint density at radius 2 is 1.84 bits per heavy atom. The standard InChI is InChI=1S/C22H37NO2/c1-15-7-6-12-21(3)17(15)9-10-18(21)16(2)8-11-19(24)22(13-14-22)20(25)23(4)5/h8,11,15-19,24H,6-7,9-10,12-14H2,1-5H3/b11-8+/t15-,16+,17?,18?,19?,21-/m0/s1. The van der Waals surface area contributed by atoms with Crippen molar-refractivity contribution in [2.45, 2.75) is 71.8 Å². The molecule has 3 heteroatoms. The highest BCUT2D eigenvalue weighted by Crippen LogP contribution is 2.59. The zero-order chi connectivity index (χ0) is 18.4. The second-order valence-corrected chi connectivity index (χ2v) is 9.71. The molecule has 0 aromatic rings. The summed E-state index contributed by atoms with van der Waals surface area (Å²) in [7, 11) is 3.57. The molecule has 0 bridgehead atoms. The van der Waals surface area contributed by atoms with Crippen LogP contribution in [0.3, 0.4) is 0 Å². The lowest BCUT2D eigenvalue weighted by Crippen LogP contribution is -2.39. The van der Waals surface area contributed by atoms with Crippen LogP contribution in [0.5, 0.6) is 0 Å². The molecule has 3 saturated carbocycles. The van der Waals surface area contributed by atoms with Crippen LogP contribution in [0, 0.1) is 34.5 Å². The summed E-state index contributed by atoms with van der Waals surface area (Å²) in [5, 5.41) is 10.7. The van der Waals surface area contributed by atoms with Gasteiger partial charge in [0.25, 0.3) is 0 Å². The number of amides is 1. The van der Waals surface area contributed by atoms with E-state index in [1.54, 1.807) is 19.0 Å². The lowest BCUT2D eigenvalue weighted by atomic mass is 9.60. The quantitative estimate of drug-likeness (QED) is 0.755. The summed E-state index contributed by atoms with van der Waals surface area (Å²) in [4.78, 5) is 14.0. The van der Waals surface area contributed by atoms with E-state index in [0.29, 0.717) is 17.3 Å². The highest BCUT2D eigenvalue weighted by Gasteiger charge is 2.55. The van der Waals surface area contributed by atoms with Crippen molar-refractivity contribution in [3.05, 3.63) is 12.2 Å². The van der Waals surface area contributed by atoms with Crippen LogP contribution in [0.1, 0.15) is 65.7 Å². The zero-order valence-electron chi connectivity index (χ0n) is 16.8. The molecule has 3 aliphatic carbocycles. The highest BCUT2D eigenvalue weighted by atomic mass is 16.3. The van der Waals surface area contributed by atoms with Crippen LogP contribution >= 0.6 is 0 Å². The van der Waals surface area contributed by atoms with E-state index < -0.39 is 11.5 Å². The molecule has 1 amide bonds. The first kappa shape index (κ1) is 18.9. The predicted octanol–water partition coefficient (Wildman–Crippen LogP) is 4.26. The Morgan fingerprint density at radius 3 is 2.44 bits per heavy atom. The number of hydrogen-bond donors (Lipinski definition) is 1. The number of aliphatic hydroxyl groups excluding tert-OH is 1. The van der Waals surface area contributed by atoms with Gasteiger partial charge in [0.05, 0.1) is 11.5 Å². The lowest BCUT2D eigenvalue weighted by Gasteiger charge is -2.45. The Labute approximate surface area is 153 Å². The third-order valence-corrected chi connectivity index (χ3v) is 7.96. The summed E-state index contributed by atoms with van der Waals surface area (Å²) in [6.45, 7) is 7.27. The van der Waals surface area contributed by atoms with E-state index in [9.17, 15) is 9.90 Å². The fourth-order valence-corrected chi connectivity index (χ4v) is 6.28. The van der Waals surface area contributed by atoms with Crippen LogP contribution in [0.25, 0.3) is 0 Å². The van der Waals surface area contributed by atoms with Crippen molar-refractivity contribution in [3.63, 3.8) is 0 Å². The Bertz CT molecular complexity index is 536. The van der Waals surface area contributed by atoms with Crippen LogP contribution in [-0.4, -0.2) is 36.1 Å². The number of allylic oxidation sites excluding steroid dienone is 1. The van der Waals surface area contributed by atoms with Gasteiger partial charge in [-0.05, 0) is 61.2 Å². The molecule has 3 aliphatic rings. The summed E-state index contributed by atoms with van der Waals surface area (Å²) < 4.78 is 0. The summed E-state index contributed by atoms with van der Waals surface area (Å²) in [5.41, 5.74) is -0.0791. The van der Waals surface area contributed by atoms with Gasteiger partial charge < -0.3 is 10.0 Å². The van der Waals surface area contributed by atoms with E-state index in [0.717, 1.165) is 24.7 Å². The van der Waals surface area contributed by atoms with Crippen molar-refractivity contribution in [3.8, 4) is 0 Å². The zero-order valence-corrected chi connectivity index (χ0v) is 16.8. The summed E-state index contributed by atoms with van der Waals surface area (Å²) in [6.07, 6.45) is 11.9. The Kier molecular flexibility index (Phi) is 5.09. The van der Waals surface area contributed by atoms with Gasteiger partial charge >= 0.3 is 0 Å². The van der Waals surface area contributed by atoms with E-state index in [2.05, 4.69) is 26.8 Å². The largest absolute Gasteiger partial charge is 0.388 e. The average Bonchev–Trinajstić information content (AvgIpc) is 3.29. The third-order valence-electron chi connectivity index (χ3n) is 7.96. The van der Waals surface area contributed by atoms with Gasteiger partial charge in [-0.1, -0.05) is 45.8 Å². The first-order valence-electron chi connectivity index (χ1n) is 10.3. The smallest absolute Gasteiger partial charge is 0.231 e. The van der Waals surface area contributed by atoms with Gasteiger partial charge in [0.15, 0.2) is 0 Å². The Morgan fingerprint density at radius 1 is 1.16 bits per heavy atom. The van der Waals surface area contributed by atoms with Crippen LogP contribution in [0.4, 0.5) is 0 Å². The summed E-state index contributed by atoms with van der Waals surface area (Å²) in [6, 6.07) is 0. The molecule has 3 unspecified atom stereocenters. The monoisotopic (exact) mass is 347 g/mol. The Hall–Kier alpha value is -0.830. The average molecular weight is 348 g/mol. The molecular weight excluding hydrogens is 310 g/mol. The number of hydrogen-bond acceptors (Lipinski definition) is 2. The molecule has 142 valence electrons.